The zero-order valence-electron chi connectivity index (χ0n) is 12.4. The highest BCUT2D eigenvalue weighted by atomic mass is 19.1. The summed E-state index contributed by atoms with van der Waals surface area (Å²) in [6.07, 6.45) is 0. The van der Waals surface area contributed by atoms with Crippen molar-refractivity contribution in [3.8, 4) is 0 Å². The van der Waals surface area contributed by atoms with E-state index in [-0.39, 0.29) is 17.4 Å². The van der Waals surface area contributed by atoms with Crippen LogP contribution in [0.5, 0.6) is 0 Å². The fraction of sp³-hybridized carbons (Fsp3) is 0.467. The Morgan fingerprint density at radius 2 is 1.76 bits per heavy atom. The molecule has 1 saturated heterocycles. The molecule has 1 aliphatic rings. The maximum absolute atomic E-state index is 13.6. The second kappa shape index (κ2) is 6.67. The lowest BCUT2D eigenvalue weighted by Gasteiger charge is -2.34. The lowest BCUT2D eigenvalue weighted by molar-refractivity contribution is -0.130. The standard InChI is InChI=1S/C15H20FN3O2/c1-17(2)14(20)11-18-7-9-19(10-8-18)15(21)12-5-3-4-6-13(12)16/h3-6H,7-11H2,1-2H3. The van der Waals surface area contributed by atoms with E-state index in [9.17, 15) is 14.0 Å². The molecular formula is C15H20FN3O2. The van der Waals surface area contributed by atoms with Crippen LogP contribution >= 0.6 is 0 Å². The number of piperazine rings is 1. The van der Waals surface area contributed by atoms with Gasteiger partial charge in [0, 0.05) is 40.3 Å². The molecule has 6 heteroatoms. The molecule has 0 radical (unpaired) electrons. The molecule has 1 aliphatic heterocycles. The average Bonchev–Trinajstić information content (AvgIpc) is 2.47. The molecule has 0 atom stereocenters. The monoisotopic (exact) mass is 293 g/mol. The third kappa shape index (κ3) is 3.78. The first-order valence-electron chi connectivity index (χ1n) is 6.95. The van der Waals surface area contributed by atoms with Crippen LogP contribution in [0.4, 0.5) is 4.39 Å². The summed E-state index contributed by atoms with van der Waals surface area (Å²) < 4.78 is 13.6. The summed E-state index contributed by atoms with van der Waals surface area (Å²) in [5.41, 5.74) is 0.107. The van der Waals surface area contributed by atoms with Crippen molar-refractivity contribution in [2.24, 2.45) is 0 Å². The molecule has 1 heterocycles. The topological polar surface area (TPSA) is 43.9 Å². The van der Waals surface area contributed by atoms with Gasteiger partial charge in [-0.25, -0.2) is 4.39 Å². The van der Waals surface area contributed by atoms with Gasteiger partial charge in [0.25, 0.3) is 5.91 Å². The van der Waals surface area contributed by atoms with Gasteiger partial charge in [-0.1, -0.05) is 12.1 Å². The number of carbonyl (C=O) groups excluding carboxylic acids is 2. The summed E-state index contributed by atoms with van der Waals surface area (Å²) in [6.45, 7) is 2.62. The van der Waals surface area contributed by atoms with Crippen LogP contribution in [-0.2, 0) is 4.79 Å². The molecule has 1 fully saturated rings. The van der Waals surface area contributed by atoms with Gasteiger partial charge in [0.15, 0.2) is 0 Å². The Morgan fingerprint density at radius 3 is 2.33 bits per heavy atom. The zero-order chi connectivity index (χ0) is 15.4. The Hall–Kier alpha value is -1.95. The van der Waals surface area contributed by atoms with Gasteiger partial charge in [-0.15, -0.1) is 0 Å². The lowest BCUT2D eigenvalue weighted by Crippen LogP contribution is -2.51. The van der Waals surface area contributed by atoms with Crippen molar-refractivity contribution in [1.82, 2.24) is 14.7 Å². The van der Waals surface area contributed by atoms with Crippen LogP contribution in [-0.4, -0.2) is 73.3 Å². The smallest absolute Gasteiger partial charge is 0.256 e. The minimum absolute atomic E-state index is 0.0453. The molecule has 2 rings (SSSR count). The number of amides is 2. The fourth-order valence-electron chi connectivity index (χ4n) is 2.25. The van der Waals surface area contributed by atoms with Gasteiger partial charge in [0.2, 0.25) is 5.91 Å². The van der Waals surface area contributed by atoms with E-state index in [4.69, 9.17) is 0 Å². The van der Waals surface area contributed by atoms with E-state index in [1.54, 1.807) is 36.0 Å². The van der Waals surface area contributed by atoms with E-state index in [2.05, 4.69) is 0 Å². The fourth-order valence-corrected chi connectivity index (χ4v) is 2.25. The number of rotatable bonds is 3. The third-order valence-corrected chi connectivity index (χ3v) is 3.62. The molecular weight excluding hydrogens is 273 g/mol. The van der Waals surface area contributed by atoms with Crippen molar-refractivity contribution in [2.75, 3.05) is 46.8 Å². The molecule has 1 aromatic carbocycles. The minimum Gasteiger partial charge on any atom is -0.348 e. The number of nitrogens with zero attached hydrogens (tertiary/aromatic N) is 3. The van der Waals surface area contributed by atoms with Crippen LogP contribution < -0.4 is 0 Å². The zero-order valence-corrected chi connectivity index (χ0v) is 12.4. The van der Waals surface area contributed by atoms with Crippen molar-refractivity contribution in [1.29, 1.82) is 0 Å². The maximum atomic E-state index is 13.6. The first-order valence-corrected chi connectivity index (χ1v) is 6.95. The first-order chi connectivity index (χ1) is 9.99. The SMILES string of the molecule is CN(C)C(=O)CN1CCN(C(=O)c2ccccc2F)CC1. The molecule has 0 unspecified atom stereocenters. The van der Waals surface area contributed by atoms with E-state index >= 15 is 0 Å². The van der Waals surface area contributed by atoms with Crippen LogP contribution in [0.2, 0.25) is 0 Å². The van der Waals surface area contributed by atoms with E-state index < -0.39 is 5.82 Å². The summed E-state index contributed by atoms with van der Waals surface area (Å²) >= 11 is 0. The highest BCUT2D eigenvalue weighted by molar-refractivity contribution is 5.94. The number of hydrogen-bond donors (Lipinski definition) is 0. The van der Waals surface area contributed by atoms with Crippen molar-refractivity contribution >= 4 is 11.8 Å². The number of hydrogen-bond acceptors (Lipinski definition) is 3. The Morgan fingerprint density at radius 1 is 1.14 bits per heavy atom. The van der Waals surface area contributed by atoms with Crippen molar-refractivity contribution in [3.63, 3.8) is 0 Å². The molecule has 0 spiro atoms. The minimum atomic E-state index is -0.493. The van der Waals surface area contributed by atoms with E-state index in [0.717, 1.165) is 0 Å². The molecule has 0 N–H and O–H groups in total. The third-order valence-electron chi connectivity index (χ3n) is 3.62. The molecule has 5 nitrogen and oxygen atoms in total. The van der Waals surface area contributed by atoms with Crippen LogP contribution in [0.3, 0.4) is 0 Å². The van der Waals surface area contributed by atoms with Crippen LogP contribution in [0.25, 0.3) is 0 Å². The Kier molecular flexibility index (Phi) is 4.90. The molecule has 2 amide bonds. The number of likely N-dealkylation sites (N-methyl/N-ethyl adjacent to an activating group) is 1. The second-order valence-corrected chi connectivity index (χ2v) is 5.34. The van der Waals surface area contributed by atoms with Gasteiger partial charge in [-0.2, -0.15) is 0 Å². The highest BCUT2D eigenvalue weighted by Gasteiger charge is 2.24. The highest BCUT2D eigenvalue weighted by Crippen LogP contribution is 2.12. The van der Waals surface area contributed by atoms with Gasteiger partial charge in [-0.3, -0.25) is 14.5 Å². The van der Waals surface area contributed by atoms with Crippen molar-refractivity contribution in [2.45, 2.75) is 0 Å². The summed E-state index contributed by atoms with van der Waals surface area (Å²) in [6, 6.07) is 6.01. The van der Waals surface area contributed by atoms with Gasteiger partial charge in [0.1, 0.15) is 5.82 Å². The van der Waals surface area contributed by atoms with Gasteiger partial charge >= 0.3 is 0 Å². The number of carbonyl (C=O) groups is 2. The Bertz CT molecular complexity index is 525. The van der Waals surface area contributed by atoms with Gasteiger partial charge < -0.3 is 9.80 Å². The molecule has 0 aliphatic carbocycles. The molecule has 1 aromatic rings. The van der Waals surface area contributed by atoms with Gasteiger partial charge in [0.05, 0.1) is 12.1 Å². The summed E-state index contributed by atoms with van der Waals surface area (Å²) in [7, 11) is 3.45. The van der Waals surface area contributed by atoms with Crippen molar-refractivity contribution < 1.29 is 14.0 Å². The summed E-state index contributed by atoms with van der Waals surface area (Å²) in [5.74, 6) is -0.733. The number of benzene rings is 1. The largest absolute Gasteiger partial charge is 0.348 e. The molecule has 0 bridgehead atoms. The lowest BCUT2D eigenvalue weighted by atomic mass is 10.1. The second-order valence-electron chi connectivity index (χ2n) is 5.34. The van der Waals surface area contributed by atoms with E-state index in [1.807, 2.05) is 4.90 Å². The van der Waals surface area contributed by atoms with E-state index in [1.165, 1.54) is 12.1 Å². The number of halogens is 1. The molecule has 0 aromatic heterocycles. The quantitative estimate of drug-likeness (QED) is 0.823. The predicted molar refractivity (Wildman–Crippen MR) is 77.4 cm³/mol. The van der Waals surface area contributed by atoms with Crippen LogP contribution in [0, 0.1) is 5.82 Å². The molecule has 21 heavy (non-hydrogen) atoms. The van der Waals surface area contributed by atoms with Crippen LogP contribution in [0.15, 0.2) is 24.3 Å². The summed E-state index contributed by atoms with van der Waals surface area (Å²) in [4.78, 5) is 29.1. The van der Waals surface area contributed by atoms with Gasteiger partial charge in [-0.05, 0) is 12.1 Å². The summed E-state index contributed by atoms with van der Waals surface area (Å²) in [5, 5.41) is 0. The molecule has 114 valence electrons. The maximum Gasteiger partial charge on any atom is 0.256 e. The van der Waals surface area contributed by atoms with E-state index in [0.29, 0.717) is 32.7 Å². The first kappa shape index (κ1) is 15.4. The Labute approximate surface area is 123 Å². The van der Waals surface area contributed by atoms with Crippen molar-refractivity contribution in [3.05, 3.63) is 35.6 Å². The predicted octanol–water partition coefficient (Wildman–Crippen LogP) is 0.672. The molecule has 0 saturated carbocycles. The average molecular weight is 293 g/mol. The Balaban J connectivity index is 1.91. The van der Waals surface area contributed by atoms with Crippen LogP contribution in [0.1, 0.15) is 10.4 Å². The normalized spacial score (nSPS) is 15.9.